The second-order valence-corrected chi connectivity index (χ2v) is 6.18. The number of methoxy groups -OCH3 is 1. The molecule has 1 aromatic heterocycles. The third-order valence-electron chi connectivity index (χ3n) is 4.16. The summed E-state index contributed by atoms with van der Waals surface area (Å²) < 4.78 is 13.0. The van der Waals surface area contributed by atoms with Crippen molar-refractivity contribution in [1.82, 2.24) is 25.5 Å². The minimum Gasteiger partial charge on any atom is -0.493 e. The van der Waals surface area contributed by atoms with Crippen LogP contribution in [-0.2, 0) is 6.54 Å². The number of rotatable bonds is 10. The van der Waals surface area contributed by atoms with Crippen LogP contribution in [0.25, 0.3) is 5.69 Å². The predicted molar refractivity (Wildman–Crippen MR) is 111 cm³/mol. The van der Waals surface area contributed by atoms with Crippen LogP contribution >= 0.6 is 12.4 Å². The van der Waals surface area contributed by atoms with Crippen LogP contribution < -0.4 is 14.8 Å². The summed E-state index contributed by atoms with van der Waals surface area (Å²) in [5.74, 6) is 1.21. The Morgan fingerprint density at radius 1 is 1.04 bits per heavy atom. The molecule has 3 rings (SSSR count). The maximum absolute atomic E-state index is 5.92. The molecule has 7 nitrogen and oxygen atoms in total. The van der Waals surface area contributed by atoms with E-state index in [-0.39, 0.29) is 18.4 Å². The summed E-state index contributed by atoms with van der Waals surface area (Å²) in [6, 6.07) is 15.7. The summed E-state index contributed by atoms with van der Waals surface area (Å²) >= 11 is 0. The Hall–Kier alpha value is -2.64. The summed E-state index contributed by atoms with van der Waals surface area (Å²) in [5, 5.41) is 15.1. The van der Waals surface area contributed by atoms with Gasteiger partial charge in [0.1, 0.15) is 0 Å². The van der Waals surface area contributed by atoms with Crippen molar-refractivity contribution in [3.05, 3.63) is 54.1 Å². The van der Waals surface area contributed by atoms with E-state index in [0.29, 0.717) is 11.5 Å². The monoisotopic (exact) mass is 403 g/mol. The topological polar surface area (TPSA) is 74.1 Å². The zero-order valence-electron chi connectivity index (χ0n) is 16.2. The molecule has 0 amide bonds. The van der Waals surface area contributed by atoms with Gasteiger partial charge in [0.05, 0.1) is 12.8 Å². The first kappa shape index (κ1) is 21.7. The SMILES string of the molecule is CCCCCNCc1ccc(Oc2nnnn2-c2ccccc2)c(OC)c1.Cl. The molecule has 0 unspecified atom stereocenters. The molecule has 0 fully saturated rings. The summed E-state index contributed by atoms with van der Waals surface area (Å²) in [6.45, 7) is 4.01. The molecule has 2 aromatic carbocycles. The van der Waals surface area contributed by atoms with Gasteiger partial charge in [0.15, 0.2) is 11.5 Å². The van der Waals surface area contributed by atoms with Crippen molar-refractivity contribution in [2.75, 3.05) is 13.7 Å². The average molecular weight is 404 g/mol. The fourth-order valence-corrected chi connectivity index (χ4v) is 2.71. The van der Waals surface area contributed by atoms with E-state index in [1.54, 1.807) is 11.8 Å². The molecule has 0 bridgehead atoms. The van der Waals surface area contributed by atoms with Gasteiger partial charge in [-0.3, -0.25) is 0 Å². The number of ether oxygens (including phenoxy) is 2. The largest absolute Gasteiger partial charge is 0.493 e. The molecule has 0 spiro atoms. The lowest BCUT2D eigenvalue weighted by Crippen LogP contribution is -2.14. The lowest BCUT2D eigenvalue weighted by molar-refractivity contribution is 0.362. The van der Waals surface area contributed by atoms with Gasteiger partial charge in [-0.2, -0.15) is 4.68 Å². The number of aromatic nitrogens is 4. The van der Waals surface area contributed by atoms with Gasteiger partial charge in [-0.25, -0.2) is 0 Å². The second-order valence-electron chi connectivity index (χ2n) is 6.18. The van der Waals surface area contributed by atoms with E-state index in [2.05, 4.69) is 27.8 Å². The Morgan fingerprint density at radius 2 is 1.86 bits per heavy atom. The maximum atomic E-state index is 5.92. The molecule has 0 saturated heterocycles. The molecule has 0 radical (unpaired) electrons. The van der Waals surface area contributed by atoms with Crippen LogP contribution in [0.3, 0.4) is 0 Å². The molecule has 0 saturated carbocycles. The molecule has 3 aromatic rings. The van der Waals surface area contributed by atoms with Crippen molar-refractivity contribution < 1.29 is 9.47 Å². The predicted octanol–water partition coefficient (Wildman–Crippen LogP) is 4.16. The number of halogens is 1. The molecule has 8 heteroatoms. The van der Waals surface area contributed by atoms with Crippen molar-refractivity contribution in [1.29, 1.82) is 0 Å². The zero-order valence-corrected chi connectivity index (χ0v) is 17.0. The Bertz CT molecular complexity index is 842. The lowest BCUT2D eigenvalue weighted by Gasteiger charge is -2.12. The highest BCUT2D eigenvalue weighted by atomic mass is 35.5. The number of benzene rings is 2. The van der Waals surface area contributed by atoms with E-state index >= 15 is 0 Å². The molecule has 0 aliphatic rings. The highest BCUT2D eigenvalue weighted by Gasteiger charge is 2.14. The number of hydrogen-bond acceptors (Lipinski definition) is 6. The van der Waals surface area contributed by atoms with Crippen molar-refractivity contribution in [3.8, 4) is 23.2 Å². The number of unbranched alkanes of at least 4 members (excludes halogenated alkanes) is 2. The van der Waals surface area contributed by atoms with Crippen molar-refractivity contribution in [2.24, 2.45) is 0 Å². The Morgan fingerprint density at radius 3 is 2.61 bits per heavy atom. The zero-order chi connectivity index (χ0) is 18.9. The van der Waals surface area contributed by atoms with Crippen molar-refractivity contribution in [3.63, 3.8) is 0 Å². The fraction of sp³-hybridized carbons (Fsp3) is 0.350. The van der Waals surface area contributed by atoms with Gasteiger partial charge >= 0.3 is 6.01 Å². The number of para-hydroxylation sites is 1. The van der Waals surface area contributed by atoms with Crippen LogP contribution in [0.15, 0.2) is 48.5 Å². The van der Waals surface area contributed by atoms with Crippen LogP contribution in [0.2, 0.25) is 0 Å². The standard InChI is InChI=1S/C20H25N5O2.ClH/c1-3-4-8-13-21-15-16-11-12-18(19(14-16)26-2)27-20-22-23-24-25(20)17-9-6-5-7-10-17;/h5-7,9-12,14,21H,3-4,8,13,15H2,1-2H3;1H. The van der Waals surface area contributed by atoms with Gasteiger partial charge in [-0.05, 0) is 53.2 Å². The molecule has 0 aliphatic carbocycles. The van der Waals surface area contributed by atoms with Gasteiger partial charge in [0, 0.05) is 6.54 Å². The minimum absolute atomic E-state index is 0. The van der Waals surface area contributed by atoms with Gasteiger partial charge in [-0.1, -0.05) is 49.1 Å². The van der Waals surface area contributed by atoms with Crippen molar-refractivity contribution >= 4 is 12.4 Å². The summed E-state index contributed by atoms with van der Waals surface area (Å²) in [6.07, 6.45) is 3.67. The van der Waals surface area contributed by atoms with Gasteiger partial charge in [-0.15, -0.1) is 12.4 Å². The van der Waals surface area contributed by atoms with E-state index in [0.717, 1.165) is 24.3 Å². The number of nitrogens with zero attached hydrogens (tertiary/aromatic N) is 4. The Balaban J connectivity index is 0.00000280. The number of hydrogen-bond donors (Lipinski definition) is 1. The van der Waals surface area contributed by atoms with Crippen LogP contribution in [0.4, 0.5) is 0 Å². The molecule has 1 heterocycles. The number of tetrazole rings is 1. The van der Waals surface area contributed by atoms with Crippen molar-refractivity contribution in [2.45, 2.75) is 32.7 Å². The molecule has 0 aliphatic heterocycles. The fourth-order valence-electron chi connectivity index (χ4n) is 2.71. The quantitative estimate of drug-likeness (QED) is 0.512. The van der Waals surface area contributed by atoms with Crippen LogP contribution in [-0.4, -0.2) is 33.9 Å². The van der Waals surface area contributed by atoms with E-state index in [1.807, 2.05) is 48.5 Å². The first-order valence-corrected chi connectivity index (χ1v) is 9.21. The van der Waals surface area contributed by atoms with E-state index in [9.17, 15) is 0 Å². The van der Waals surface area contributed by atoms with E-state index in [4.69, 9.17) is 9.47 Å². The van der Waals surface area contributed by atoms with Crippen LogP contribution in [0, 0.1) is 0 Å². The summed E-state index contributed by atoms with van der Waals surface area (Å²) in [5.41, 5.74) is 1.96. The minimum atomic E-state index is 0. The van der Waals surface area contributed by atoms with Crippen LogP contribution in [0.5, 0.6) is 17.5 Å². The molecule has 0 atom stereocenters. The highest BCUT2D eigenvalue weighted by Crippen LogP contribution is 2.32. The van der Waals surface area contributed by atoms with Gasteiger partial charge in [0.2, 0.25) is 0 Å². The third kappa shape index (κ3) is 5.68. The van der Waals surface area contributed by atoms with Gasteiger partial charge < -0.3 is 14.8 Å². The Labute approximate surface area is 171 Å². The summed E-state index contributed by atoms with van der Waals surface area (Å²) in [7, 11) is 1.63. The van der Waals surface area contributed by atoms with Crippen LogP contribution in [0.1, 0.15) is 31.7 Å². The molecular weight excluding hydrogens is 378 g/mol. The van der Waals surface area contributed by atoms with E-state index in [1.165, 1.54) is 19.3 Å². The maximum Gasteiger partial charge on any atom is 0.346 e. The first-order valence-electron chi connectivity index (χ1n) is 9.21. The second kappa shape index (κ2) is 11.3. The Kier molecular flexibility index (Phi) is 8.71. The molecular formula is C20H26ClN5O2. The third-order valence-corrected chi connectivity index (χ3v) is 4.16. The smallest absolute Gasteiger partial charge is 0.346 e. The van der Waals surface area contributed by atoms with E-state index < -0.39 is 0 Å². The molecule has 1 N–H and O–H groups in total. The highest BCUT2D eigenvalue weighted by molar-refractivity contribution is 5.85. The normalized spacial score (nSPS) is 10.4. The molecule has 150 valence electrons. The molecule has 28 heavy (non-hydrogen) atoms. The van der Waals surface area contributed by atoms with Gasteiger partial charge in [0.25, 0.3) is 0 Å². The number of nitrogens with one attached hydrogen (secondary N) is 1. The first-order chi connectivity index (χ1) is 13.3. The average Bonchev–Trinajstić information content (AvgIpc) is 3.17. The summed E-state index contributed by atoms with van der Waals surface area (Å²) in [4.78, 5) is 0. The lowest BCUT2D eigenvalue weighted by atomic mass is 10.2.